The predicted octanol–water partition coefficient (Wildman–Crippen LogP) is 3.20. The summed E-state index contributed by atoms with van der Waals surface area (Å²) in [7, 11) is -2.92. The van der Waals surface area contributed by atoms with E-state index in [4.69, 9.17) is 0 Å². The largest absolute Gasteiger partial charge is 0.362 e. The van der Waals surface area contributed by atoms with E-state index in [0.29, 0.717) is 0 Å². The van der Waals surface area contributed by atoms with Crippen LogP contribution in [0.5, 0.6) is 0 Å². The highest BCUT2D eigenvalue weighted by molar-refractivity contribution is 9.24. The molecule has 0 N–H and O–H groups in total. The quantitative estimate of drug-likeness (QED) is 0.568. The summed E-state index contributed by atoms with van der Waals surface area (Å²) in [6, 6.07) is 0. The first-order valence-corrected chi connectivity index (χ1v) is 16.2. The highest BCUT2D eigenvalue weighted by Crippen LogP contribution is 2.23. The molecule has 0 aromatic rings. The number of hydrogen-bond acceptors (Lipinski definition) is 1. The first-order chi connectivity index (χ1) is 5.07. The van der Waals surface area contributed by atoms with Crippen LogP contribution in [-0.2, 0) is 0 Å². The van der Waals surface area contributed by atoms with Gasteiger partial charge >= 0.3 is 0 Å². The van der Waals surface area contributed by atoms with Crippen LogP contribution in [0.4, 0.5) is 0 Å². The Morgan fingerprint density at radius 2 is 1.17 bits per heavy atom. The van der Waals surface area contributed by atoms with Crippen molar-refractivity contribution < 1.29 is 0 Å². The van der Waals surface area contributed by atoms with Crippen molar-refractivity contribution in [3.8, 4) is 0 Å². The Morgan fingerprint density at radius 3 is 1.17 bits per heavy atom. The molecule has 0 saturated carbocycles. The molecule has 12 heavy (non-hydrogen) atoms. The van der Waals surface area contributed by atoms with Crippen molar-refractivity contribution in [1.29, 1.82) is 0 Å². The van der Waals surface area contributed by atoms with Crippen LogP contribution in [0, 0.1) is 0 Å². The molecule has 1 unspecified atom stereocenters. The van der Waals surface area contributed by atoms with Gasteiger partial charge in [-0.25, -0.2) is 0 Å². The topological polar surface area (TPSA) is 3.24 Å². The summed E-state index contributed by atoms with van der Waals surface area (Å²) in [4.78, 5) is 0. The van der Waals surface area contributed by atoms with Gasteiger partial charge in [-0.15, -0.1) is 15.3 Å². The van der Waals surface area contributed by atoms with Gasteiger partial charge in [-0.3, -0.25) is 0 Å². The number of halogens is 1. The minimum absolute atomic E-state index is 0.766. The molecular formula is C7H22BrNSi3. The maximum atomic E-state index is 3.85. The molecule has 0 fully saturated rings. The van der Waals surface area contributed by atoms with Gasteiger partial charge in [0.05, 0.1) is 0 Å². The lowest BCUT2D eigenvalue weighted by atomic mass is 11.8. The Bertz CT molecular complexity index is 134. The average molecular weight is 284 g/mol. The summed E-state index contributed by atoms with van der Waals surface area (Å²) in [5.41, 5.74) is 0. The SMILES string of the molecule is C[SiH](Br)N([Si](C)(C)C)[Si](C)(C)C. The summed E-state index contributed by atoms with van der Waals surface area (Å²) >= 11 is 3.85. The van der Waals surface area contributed by atoms with Crippen LogP contribution in [0.1, 0.15) is 0 Å². The summed E-state index contributed by atoms with van der Waals surface area (Å²) < 4.78 is 2.88. The molecule has 0 radical (unpaired) electrons. The summed E-state index contributed by atoms with van der Waals surface area (Å²) in [5, 5.41) is 0. The summed E-state index contributed by atoms with van der Waals surface area (Å²) in [6.07, 6.45) is 0. The van der Waals surface area contributed by atoms with Crippen molar-refractivity contribution >= 4 is 39.3 Å². The van der Waals surface area contributed by atoms with Crippen molar-refractivity contribution in [3.05, 3.63) is 0 Å². The minimum atomic E-state index is -1.08. The zero-order valence-corrected chi connectivity index (χ0v) is 14.1. The molecule has 0 spiro atoms. The Balaban J connectivity index is 4.70. The van der Waals surface area contributed by atoms with E-state index in [1.807, 2.05) is 0 Å². The fourth-order valence-electron chi connectivity index (χ4n) is 2.07. The molecule has 0 heterocycles. The molecule has 0 saturated heterocycles. The minimum Gasteiger partial charge on any atom is -0.362 e. The second kappa shape index (κ2) is 4.08. The molecule has 0 aliphatic carbocycles. The zero-order chi connectivity index (χ0) is 10.2. The number of rotatable bonds is 3. The van der Waals surface area contributed by atoms with Gasteiger partial charge in [-0.1, -0.05) is 45.8 Å². The van der Waals surface area contributed by atoms with Gasteiger partial charge in [0.1, 0.15) is 16.5 Å². The molecule has 74 valence electrons. The van der Waals surface area contributed by atoms with Crippen molar-refractivity contribution in [2.24, 2.45) is 0 Å². The highest BCUT2D eigenvalue weighted by atomic mass is 79.9. The van der Waals surface area contributed by atoms with E-state index in [0.717, 1.165) is 0 Å². The van der Waals surface area contributed by atoms with Crippen LogP contribution in [0.3, 0.4) is 0 Å². The Labute approximate surface area is 89.0 Å². The van der Waals surface area contributed by atoms with Crippen LogP contribution in [0.15, 0.2) is 0 Å². The Kier molecular flexibility index (Phi) is 4.45. The van der Waals surface area contributed by atoms with Gasteiger partial charge in [0, 0.05) is 0 Å². The molecular weight excluding hydrogens is 262 g/mol. The van der Waals surface area contributed by atoms with E-state index >= 15 is 0 Å². The molecule has 0 amide bonds. The Morgan fingerprint density at radius 1 is 0.917 bits per heavy atom. The van der Waals surface area contributed by atoms with Crippen LogP contribution in [-0.4, -0.2) is 27.9 Å². The third-order valence-electron chi connectivity index (χ3n) is 1.80. The number of nitrogens with zero attached hydrogens (tertiary/aromatic N) is 1. The van der Waals surface area contributed by atoms with E-state index in [1.54, 1.807) is 0 Å². The molecule has 0 bridgehead atoms. The molecule has 5 heteroatoms. The fraction of sp³-hybridized carbons (Fsp3) is 1.00. The normalized spacial score (nSPS) is 16.8. The van der Waals surface area contributed by atoms with E-state index in [1.165, 1.54) is 0 Å². The lowest BCUT2D eigenvalue weighted by molar-refractivity contribution is 0.950. The second-order valence-electron chi connectivity index (χ2n) is 5.29. The molecule has 1 atom stereocenters. The van der Waals surface area contributed by atoms with Crippen molar-refractivity contribution in [2.45, 2.75) is 45.8 Å². The van der Waals surface area contributed by atoms with E-state index in [9.17, 15) is 0 Å². The van der Waals surface area contributed by atoms with Gasteiger partial charge in [-0.2, -0.15) is 0 Å². The van der Waals surface area contributed by atoms with Crippen molar-refractivity contribution in [2.75, 3.05) is 0 Å². The van der Waals surface area contributed by atoms with Gasteiger partial charge < -0.3 is 3.90 Å². The van der Waals surface area contributed by atoms with Crippen LogP contribution >= 0.6 is 15.3 Å². The molecule has 0 aliphatic rings. The van der Waals surface area contributed by atoms with Gasteiger partial charge in [0.15, 0.2) is 7.58 Å². The molecule has 1 nitrogen and oxygen atoms in total. The number of hydrogen-bond donors (Lipinski definition) is 0. The molecule has 0 aliphatic heterocycles. The van der Waals surface area contributed by atoms with Crippen molar-refractivity contribution in [1.82, 2.24) is 3.90 Å². The predicted molar refractivity (Wildman–Crippen MR) is 70.5 cm³/mol. The van der Waals surface area contributed by atoms with E-state index in [-0.39, 0.29) is 0 Å². The smallest absolute Gasteiger partial charge is 0.170 e. The third kappa shape index (κ3) is 3.87. The average Bonchev–Trinajstić information content (AvgIpc) is 1.49. The monoisotopic (exact) mass is 283 g/mol. The maximum absolute atomic E-state index is 3.85. The summed E-state index contributed by atoms with van der Waals surface area (Å²) in [5.74, 6) is 0. The molecule has 0 aromatic heterocycles. The lowest BCUT2D eigenvalue weighted by Gasteiger charge is -2.45. The van der Waals surface area contributed by atoms with Gasteiger partial charge in [-0.05, 0) is 0 Å². The van der Waals surface area contributed by atoms with E-state index < -0.39 is 24.0 Å². The first kappa shape index (κ1) is 13.1. The Hall–Kier alpha value is 1.09. The molecule has 0 rings (SSSR count). The standard InChI is InChI=1S/C7H22BrNSi3/c1-10(8)9(11(2,3)4)12(5,6)7/h10H,1-7H3. The van der Waals surface area contributed by atoms with Gasteiger partial charge in [0.25, 0.3) is 0 Å². The maximum Gasteiger partial charge on any atom is 0.170 e. The highest BCUT2D eigenvalue weighted by Gasteiger charge is 2.36. The van der Waals surface area contributed by atoms with Crippen molar-refractivity contribution in [3.63, 3.8) is 0 Å². The first-order valence-electron chi connectivity index (χ1n) is 4.50. The summed E-state index contributed by atoms with van der Waals surface area (Å²) in [6.45, 7) is 17.1. The van der Waals surface area contributed by atoms with Crippen LogP contribution in [0.2, 0.25) is 45.8 Å². The third-order valence-corrected chi connectivity index (χ3v) is 19.9. The lowest BCUT2D eigenvalue weighted by Crippen LogP contribution is -2.62. The second-order valence-corrected chi connectivity index (χ2v) is 22.1. The van der Waals surface area contributed by atoms with E-state index in [2.05, 4.69) is 65.0 Å². The van der Waals surface area contributed by atoms with Crippen LogP contribution < -0.4 is 0 Å². The zero-order valence-electron chi connectivity index (χ0n) is 9.40. The molecule has 0 aromatic carbocycles. The van der Waals surface area contributed by atoms with Gasteiger partial charge in [0.2, 0.25) is 0 Å². The fourth-order valence-corrected chi connectivity index (χ4v) is 29.7. The van der Waals surface area contributed by atoms with Crippen LogP contribution in [0.25, 0.3) is 0 Å².